The minimum atomic E-state index is -0.513. The third-order valence-corrected chi connectivity index (χ3v) is 4.49. The van der Waals surface area contributed by atoms with Gasteiger partial charge < -0.3 is 5.32 Å². The quantitative estimate of drug-likeness (QED) is 0.693. The summed E-state index contributed by atoms with van der Waals surface area (Å²) in [7, 11) is 0. The Morgan fingerprint density at radius 3 is 2.87 bits per heavy atom. The third kappa shape index (κ3) is 3.81. The predicted octanol–water partition coefficient (Wildman–Crippen LogP) is 4.76. The highest BCUT2D eigenvalue weighted by Crippen LogP contribution is 2.26. The number of amides is 1. The highest BCUT2D eigenvalue weighted by Gasteiger charge is 2.08. The van der Waals surface area contributed by atoms with Crippen LogP contribution in [-0.4, -0.2) is 16.6 Å². The highest BCUT2D eigenvalue weighted by molar-refractivity contribution is 8.00. The number of hydrogen-bond donors (Lipinski definition) is 1. The van der Waals surface area contributed by atoms with E-state index in [1.807, 2.05) is 30.3 Å². The molecule has 3 nitrogen and oxygen atoms in total. The maximum absolute atomic E-state index is 13.1. The van der Waals surface area contributed by atoms with Crippen LogP contribution in [0, 0.1) is 5.82 Å². The lowest BCUT2D eigenvalue weighted by atomic mass is 10.2. The number of pyridine rings is 1. The summed E-state index contributed by atoms with van der Waals surface area (Å²) in [5.74, 6) is -0.475. The maximum Gasteiger partial charge on any atom is 0.234 e. The number of nitrogens with zero attached hydrogens (tertiary/aromatic N) is 1. The fourth-order valence-corrected chi connectivity index (χ4v) is 3.13. The van der Waals surface area contributed by atoms with Crippen LogP contribution in [0.1, 0.15) is 0 Å². The molecular weight excluding hydrogens is 335 g/mol. The number of fused-ring (bicyclic) bond motifs is 1. The summed E-state index contributed by atoms with van der Waals surface area (Å²) in [6.07, 6.45) is 1.73. The topological polar surface area (TPSA) is 42.0 Å². The van der Waals surface area contributed by atoms with Gasteiger partial charge in [0.25, 0.3) is 0 Å². The number of rotatable bonds is 4. The second-order valence-corrected chi connectivity index (χ2v) is 6.22. The lowest BCUT2D eigenvalue weighted by molar-refractivity contribution is -0.113. The van der Waals surface area contributed by atoms with E-state index in [4.69, 9.17) is 11.6 Å². The SMILES string of the molecule is O=C(CSc1cccc2cccnc12)Nc1ccc(F)c(Cl)c1. The Kier molecular flexibility index (Phi) is 4.79. The van der Waals surface area contributed by atoms with Gasteiger partial charge in [-0.25, -0.2) is 4.39 Å². The van der Waals surface area contributed by atoms with Gasteiger partial charge in [-0.05, 0) is 30.3 Å². The molecule has 0 atom stereocenters. The largest absolute Gasteiger partial charge is 0.325 e. The fourth-order valence-electron chi connectivity index (χ4n) is 2.11. The molecule has 0 fully saturated rings. The van der Waals surface area contributed by atoms with E-state index in [0.29, 0.717) is 5.69 Å². The second kappa shape index (κ2) is 6.98. The molecule has 0 saturated carbocycles. The van der Waals surface area contributed by atoms with Crippen LogP contribution in [0.2, 0.25) is 5.02 Å². The molecule has 116 valence electrons. The van der Waals surface area contributed by atoms with E-state index in [-0.39, 0.29) is 16.7 Å². The first-order valence-corrected chi connectivity index (χ1v) is 8.21. The van der Waals surface area contributed by atoms with Crippen LogP contribution in [0.3, 0.4) is 0 Å². The lowest BCUT2D eigenvalue weighted by Gasteiger charge is -2.07. The number of aromatic nitrogens is 1. The van der Waals surface area contributed by atoms with E-state index < -0.39 is 5.82 Å². The van der Waals surface area contributed by atoms with Crippen LogP contribution >= 0.6 is 23.4 Å². The summed E-state index contributed by atoms with van der Waals surface area (Å²) in [4.78, 5) is 17.3. The van der Waals surface area contributed by atoms with Crippen LogP contribution < -0.4 is 5.32 Å². The van der Waals surface area contributed by atoms with E-state index in [2.05, 4.69) is 10.3 Å². The molecule has 3 aromatic rings. The van der Waals surface area contributed by atoms with Crippen LogP contribution in [0.15, 0.2) is 59.6 Å². The first-order chi connectivity index (χ1) is 11.1. The molecule has 0 aliphatic heterocycles. The van der Waals surface area contributed by atoms with Crippen molar-refractivity contribution in [1.29, 1.82) is 0 Å². The molecule has 0 aliphatic carbocycles. The van der Waals surface area contributed by atoms with Crippen LogP contribution in [0.5, 0.6) is 0 Å². The first-order valence-electron chi connectivity index (χ1n) is 6.85. The van der Waals surface area contributed by atoms with Crippen molar-refractivity contribution in [2.45, 2.75) is 4.90 Å². The zero-order valence-corrected chi connectivity index (χ0v) is 13.5. The number of halogens is 2. The lowest BCUT2D eigenvalue weighted by Crippen LogP contribution is -2.14. The van der Waals surface area contributed by atoms with Gasteiger partial charge in [-0.1, -0.05) is 29.8 Å². The van der Waals surface area contributed by atoms with Gasteiger partial charge in [-0.2, -0.15) is 0 Å². The number of benzene rings is 2. The highest BCUT2D eigenvalue weighted by atomic mass is 35.5. The molecule has 0 radical (unpaired) electrons. The molecule has 0 bridgehead atoms. The van der Waals surface area contributed by atoms with Gasteiger partial charge in [0.05, 0.1) is 16.3 Å². The number of hydrogen-bond acceptors (Lipinski definition) is 3. The zero-order chi connectivity index (χ0) is 16.2. The van der Waals surface area contributed by atoms with Gasteiger partial charge >= 0.3 is 0 Å². The van der Waals surface area contributed by atoms with Crippen molar-refractivity contribution in [3.8, 4) is 0 Å². The zero-order valence-electron chi connectivity index (χ0n) is 11.9. The van der Waals surface area contributed by atoms with Gasteiger partial charge in [0, 0.05) is 22.2 Å². The van der Waals surface area contributed by atoms with E-state index in [1.165, 1.54) is 30.0 Å². The Morgan fingerprint density at radius 1 is 1.22 bits per heavy atom. The average Bonchev–Trinajstić information content (AvgIpc) is 2.56. The summed E-state index contributed by atoms with van der Waals surface area (Å²) >= 11 is 7.10. The average molecular weight is 347 g/mol. The number of nitrogens with one attached hydrogen (secondary N) is 1. The molecule has 0 spiro atoms. The molecule has 1 aromatic heterocycles. The standard InChI is InChI=1S/C17H12ClFN2OS/c18-13-9-12(6-7-14(13)19)21-16(22)10-23-15-5-1-3-11-4-2-8-20-17(11)15/h1-9H,10H2,(H,21,22). The Bertz CT molecular complexity index is 867. The summed E-state index contributed by atoms with van der Waals surface area (Å²) in [5, 5.41) is 3.71. The van der Waals surface area contributed by atoms with Crippen LogP contribution in [0.4, 0.5) is 10.1 Å². The second-order valence-electron chi connectivity index (χ2n) is 4.80. The molecule has 0 saturated heterocycles. The number of anilines is 1. The molecule has 0 unspecified atom stereocenters. The number of carbonyl (C=O) groups excluding carboxylic acids is 1. The smallest absolute Gasteiger partial charge is 0.234 e. The molecular formula is C17H12ClFN2OS. The van der Waals surface area contributed by atoms with E-state index in [0.717, 1.165) is 15.8 Å². The normalized spacial score (nSPS) is 10.7. The molecule has 1 amide bonds. The molecule has 2 aromatic carbocycles. The van der Waals surface area contributed by atoms with Gasteiger partial charge in [-0.3, -0.25) is 9.78 Å². The van der Waals surface area contributed by atoms with E-state index >= 15 is 0 Å². The minimum Gasteiger partial charge on any atom is -0.325 e. The van der Waals surface area contributed by atoms with Gasteiger partial charge in [0.15, 0.2) is 0 Å². The van der Waals surface area contributed by atoms with Crippen molar-refractivity contribution in [2.24, 2.45) is 0 Å². The molecule has 3 rings (SSSR count). The fraction of sp³-hybridized carbons (Fsp3) is 0.0588. The molecule has 6 heteroatoms. The van der Waals surface area contributed by atoms with Gasteiger partial charge in [-0.15, -0.1) is 11.8 Å². The molecule has 23 heavy (non-hydrogen) atoms. The first kappa shape index (κ1) is 15.8. The van der Waals surface area contributed by atoms with Crippen molar-refractivity contribution in [3.63, 3.8) is 0 Å². The molecule has 1 heterocycles. The third-order valence-electron chi connectivity index (χ3n) is 3.16. The summed E-state index contributed by atoms with van der Waals surface area (Å²) in [6.45, 7) is 0. The maximum atomic E-state index is 13.1. The predicted molar refractivity (Wildman–Crippen MR) is 92.5 cm³/mol. The number of carbonyl (C=O) groups is 1. The summed E-state index contributed by atoms with van der Waals surface area (Å²) in [5.41, 5.74) is 1.34. The van der Waals surface area contributed by atoms with Crippen molar-refractivity contribution in [3.05, 3.63) is 65.6 Å². The summed E-state index contributed by atoms with van der Waals surface area (Å²) in [6, 6.07) is 13.8. The van der Waals surface area contributed by atoms with E-state index in [1.54, 1.807) is 6.20 Å². The number of thioether (sulfide) groups is 1. The molecule has 1 N–H and O–H groups in total. The Hall–Kier alpha value is -2.11. The van der Waals surface area contributed by atoms with E-state index in [9.17, 15) is 9.18 Å². The minimum absolute atomic E-state index is 0.0197. The van der Waals surface area contributed by atoms with Crippen molar-refractivity contribution in [2.75, 3.05) is 11.1 Å². The molecule has 0 aliphatic rings. The van der Waals surface area contributed by atoms with Crippen LogP contribution in [-0.2, 0) is 4.79 Å². The van der Waals surface area contributed by atoms with Gasteiger partial charge in [0.1, 0.15) is 5.82 Å². The van der Waals surface area contributed by atoms with Crippen molar-refractivity contribution < 1.29 is 9.18 Å². The van der Waals surface area contributed by atoms with Crippen LogP contribution in [0.25, 0.3) is 10.9 Å². The van der Waals surface area contributed by atoms with Crippen molar-refractivity contribution in [1.82, 2.24) is 4.98 Å². The summed E-state index contributed by atoms with van der Waals surface area (Å²) < 4.78 is 13.1. The monoisotopic (exact) mass is 346 g/mol. The Balaban J connectivity index is 1.67. The van der Waals surface area contributed by atoms with Gasteiger partial charge in [0.2, 0.25) is 5.91 Å². The Labute approximate surface area is 141 Å². The van der Waals surface area contributed by atoms with Crippen molar-refractivity contribution >= 4 is 45.9 Å². The number of para-hydroxylation sites is 1. The Morgan fingerprint density at radius 2 is 2.04 bits per heavy atom.